The molecule has 0 bridgehead atoms. The normalized spacial score (nSPS) is 12.2. The lowest BCUT2D eigenvalue weighted by Crippen LogP contribution is -2.30. The number of aryl methyl sites for hydroxylation is 1. The fourth-order valence-electron chi connectivity index (χ4n) is 2.78. The molecule has 0 saturated heterocycles. The van der Waals surface area contributed by atoms with Crippen LogP contribution in [-0.2, 0) is 21.1 Å². The van der Waals surface area contributed by atoms with Gasteiger partial charge in [0.25, 0.3) is 5.91 Å². The van der Waals surface area contributed by atoms with Crippen LogP contribution in [0.25, 0.3) is 0 Å². The quantitative estimate of drug-likeness (QED) is 0.592. The Morgan fingerprint density at radius 3 is 2.25 bits per heavy atom. The number of benzene rings is 1. The van der Waals surface area contributed by atoms with Crippen molar-refractivity contribution in [3.63, 3.8) is 0 Å². The summed E-state index contributed by atoms with van der Waals surface area (Å²) in [6.07, 6.45) is 2.81. The second kappa shape index (κ2) is 10.2. The molecule has 0 radical (unpaired) electrons. The van der Waals surface area contributed by atoms with E-state index in [0.717, 1.165) is 17.5 Å². The van der Waals surface area contributed by atoms with E-state index in [0.29, 0.717) is 31.2 Å². The van der Waals surface area contributed by atoms with Crippen molar-refractivity contribution >= 4 is 21.5 Å². The van der Waals surface area contributed by atoms with Gasteiger partial charge in [0.1, 0.15) is 5.78 Å². The van der Waals surface area contributed by atoms with Crippen LogP contribution >= 0.6 is 0 Å². The first-order valence-corrected chi connectivity index (χ1v) is 11.6. The fraction of sp³-hybridized carbons (Fsp3) is 0.636. The number of amides is 1. The average Bonchev–Trinajstić information content (AvgIpc) is 2.54. The summed E-state index contributed by atoms with van der Waals surface area (Å²) in [5.41, 5.74) is 2.46. The van der Waals surface area contributed by atoms with Crippen LogP contribution in [0.2, 0.25) is 0 Å². The molecule has 0 fully saturated rings. The molecule has 0 aliphatic rings. The maximum atomic E-state index is 12.3. The monoisotopic (exact) mass is 409 g/mol. The molecule has 0 unspecified atom stereocenters. The van der Waals surface area contributed by atoms with Crippen molar-refractivity contribution in [2.24, 2.45) is 0 Å². The highest BCUT2D eigenvalue weighted by molar-refractivity contribution is 7.92. The zero-order valence-electron chi connectivity index (χ0n) is 18.1. The number of Topliss-reactive ketones (excluding diaryl/α,β-unsaturated/α-hetero) is 1. The summed E-state index contributed by atoms with van der Waals surface area (Å²) in [5, 5.41) is 2.86. The van der Waals surface area contributed by atoms with E-state index in [1.807, 2.05) is 32.9 Å². The van der Waals surface area contributed by atoms with E-state index < -0.39 is 14.6 Å². The fourth-order valence-corrected chi connectivity index (χ4v) is 3.98. The van der Waals surface area contributed by atoms with E-state index in [2.05, 4.69) is 5.32 Å². The van der Waals surface area contributed by atoms with Crippen LogP contribution in [0.3, 0.4) is 0 Å². The van der Waals surface area contributed by atoms with Gasteiger partial charge in [-0.25, -0.2) is 8.42 Å². The van der Waals surface area contributed by atoms with Crippen LogP contribution in [0.15, 0.2) is 18.2 Å². The standard InChI is InChI=1S/C22H35NO4S/c1-16(2)23-21(25)19-12-11-18(17(3)14-19)15-20(24)10-8-7-9-13-28(26,27)22(4,5)6/h11-12,14,16H,7-10,13,15H2,1-6H3,(H,23,25). The highest BCUT2D eigenvalue weighted by Gasteiger charge is 2.27. The molecule has 5 nitrogen and oxygen atoms in total. The minimum Gasteiger partial charge on any atom is -0.350 e. The number of ketones is 1. The SMILES string of the molecule is Cc1cc(C(=O)NC(C)C)ccc1CC(=O)CCCCCS(=O)(=O)C(C)(C)C. The summed E-state index contributed by atoms with van der Waals surface area (Å²) in [7, 11) is -3.09. The molecule has 1 aromatic carbocycles. The van der Waals surface area contributed by atoms with Gasteiger partial charge >= 0.3 is 0 Å². The molecule has 0 aromatic heterocycles. The third kappa shape index (κ3) is 7.74. The topological polar surface area (TPSA) is 80.3 Å². The Hall–Kier alpha value is -1.69. The van der Waals surface area contributed by atoms with Crippen molar-refractivity contribution in [1.82, 2.24) is 5.32 Å². The van der Waals surface area contributed by atoms with Crippen molar-refractivity contribution in [1.29, 1.82) is 0 Å². The first-order chi connectivity index (χ1) is 12.8. The van der Waals surface area contributed by atoms with Crippen LogP contribution in [-0.4, -0.2) is 36.6 Å². The smallest absolute Gasteiger partial charge is 0.251 e. The maximum absolute atomic E-state index is 12.3. The Labute approximate surface area is 170 Å². The van der Waals surface area contributed by atoms with Crippen molar-refractivity contribution in [3.05, 3.63) is 34.9 Å². The van der Waals surface area contributed by atoms with Crippen molar-refractivity contribution in [2.45, 2.75) is 84.4 Å². The van der Waals surface area contributed by atoms with Crippen LogP contribution in [0.4, 0.5) is 0 Å². The molecule has 0 aliphatic carbocycles. The molecule has 6 heteroatoms. The molecule has 1 N–H and O–H groups in total. The summed E-state index contributed by atoms with van der Waals surface area (Å²) in [6, 6.07) is 5.49. The Morgan fingerprint density at radius 2 is 1.71 bits per heavy atom. The van der Waals surface area contributed by atoms with Gasteiger partial charge in [-0.05, 0) is 77.6 Å². The number of hydrogen-bond acceptors (Lipinski definition) is 4. The second-order valence-electron chi connectivity index (χ2n) is 8.73. The van der Waals surface area contributed by atoms with Crippen molar-refractivity contribution in [2.75, 3.05) is 5.75 Å². The lowest BCUT2D eigenvalue weighted by Gasteiger charge is -2.18. The van der Waals surface area contributed by atoms with E-state index in [-0.39, 0.29) is 23.5 Å². The number of nitrogens with one attached hydrogen (secondary N) is 1. The zero-order chi connectivity index (χ0) is 21.5. The Morgan fingerprint density at radius 1 is 1.07 bits per heavy atom. The van der Waals surface area contributed by atoms with Gasteiger partial charge < -0.3 is 5.32 Å². The average molecular weight is 410 g/mol. The number of carbonyl (C=O) groups excluding carboxylic acids is 2. The molecule has 158 valence electrons. The molecular weight excluding hydrogens is 374 g/mol. The third-order valence-electron chi connectivity index (χ3n) is 4.71. The van der Waals surface area contributed by atoms with Gasteiger partial charge in [-0.1, -0.05) is 12.5 Å². The highest BCUT2D eigenvalue weighted by Crippen LogP contribution is 2.18. The molecular formula is C22H35NO4S. The van der Waals surface area contributed by atoms with Crippen LogP contribution in [0.5, 0.6) is 0 Å². The lowest BCUT2D eigenvalue weighted by atomic mass is 9.98. The van der Waals surface area contributed by atoms with Gasteiger partial charge in [0.2, 0.25) is 0 Å². The highest BCUT2D eigenvalue weighted by atomic mass is 32.2. The second-order valence-corrected chi connectivity index (χ2v) is 11.6. The zero-order valence-corrected chi connectivity index (χ0v) is 18.9. The van der Waals surface area contributed by atoms with E-state index in [1.54, 1.807) is 26.8 Å². The molecule has 0 saturated carbocycles. The van der Waals surface area contributed by atoms with Gasteiger partial charge in [0, 0.05) is 24.4 Å². The van der Waals surface area contributed by atoms with E-state index in [4.69, 9.17) is 0 Å². The summed E-state index contributed by atoms with van der Waals surface area (Å²) >= 11 is 0. The molecule has 1 amide bonds. The van der Waals surface area contributed by atoms with Crippen LogP contribution < -0.4 is 5.32 Å². The molecule has 0 atom stereocenters. The molecule has 1 aromatic rings. The number of hydrogen-bond donors (Lipinski definition) is 1. The van der Waals surface area contributed by atoms with Crippen molar-refractivity contribution in [3.8, 4) is 0 Å². The maximum Gasteiger partial charge on any atom is 0.251 e. The largest absolute Gasteiger partial charge is 0.350 e. The van der Waals surface area contributed by atoms with Crippen molar-refractivity contribution < 1.29 is 18.0 Å². The summed E-state index contributed by atoms with van der Waals surface area (Å²) < 4.78 is 23.4. The number of rotatable bonds is 10. The predicted octanol–water partition coefficient (Wildman–Crippen LogP) is 4.02. The van der Waals surface area contributed by atoms with Crippen LogP contribution in [0.1, 0.15) is 81.8 Å². The summed E-state index contributed by atoms with van der Waals surface area (Å²) in [4.78, 5) is 24.3. The van der Waals surface area contributed by atoms with Gasteiger partial charge in [0.05, 0.1) is 10.5 Å². The minimum absolute atomic E-state index is 0.0763. The Kier molecular flexibility index (Phi) is 8.86. The van der Waals surface area contributed by atoms with Gasteiger partial charge in [-0.2, -0.15) is 0 Å². The minimum atomic E-state index is -3.09. The lowest BCUT2D eigenvalue weighted by molar-refractivity contribution is -0.118. The molecule has 0 heterocycles. The van der Waals surface area contributed by atoms with E-state index in [1.165, 1.54) is 0 Å². The Bertz CT molecular complexity index is 789. The predicted molar refractivity (Wildman–Crippen MR) is 115 cm³/mol. The van der Waals surface area contributed by atoms with E-state index >= 15 is 0 Å². The molecule has 28 heavy (non-hydrogen) atoms. The van der Waals surface area contributed by atoms with E-state index in [9.17, 15) is 18.0 Å². The summed E-state index contributed by atoms with van der Waals surface area (Å²) in [5.74, 6) is 0.200. The van der Waals surface area contributed by atoms with Gasteiger partial charge in [-0.15, -0.1) is 0 Å². The Balaban J connectivity index is 2.46. The first kappa shape index (κ1) is 24.3. The molecule has 1 rings (SSSR count). The number of carbonyl (C=O) groups is 2. The number of unbranched alkanes of at least 4 members (excludes halogenated alkanes) is 2. The molecule has 0 aliphatic heterocycles. The number of sulfone groups is 1. The van der Waals surface area contributed by atoms with Gasteiger partial charge in [0.15, 0.2) is 9.84 Å². The first-order valence-electron chi connectivity index (χ1n) is 9.98. The van der Waals surface area contributed by atoms with Gasteiger partial charge in [-0.3, -0.25) is 9.59 Å². The van der Waals surface area contributed by atoms with Crippen LogP contribution in [0, 0.1) is 6.92 Å². The third-order valence-corrected chi connectivity index (χ3v) is 7.41. The summed E-state index contributed by atoms with van der Waals surface area (Å²) in [6.45, 7) is 10.9. The molecule has 0 spiro atoms.